The molecule has 2 rings (SSSR count). The van der Waals surface area contributed by atoms with Gasteiger partial charge in [-0.25, -0.2) is 0 Å². The zero-order valence-electron chi connectivity index (χ0n) is 8.00. The molecule has 72 valence electrons. The van der Waals surface area contributed by atoms with Crippen LogP contribution in [0.5, 0.6) is 0 Å². The van der Waals surface area contributed by atoms with E-state index in [2.05, 4.69) is 52.9 Å². The van der Waals surface area contributed by atoms with Gasteiger partial charge in [-0.1, -0.05) is 65.1 Å². The van der Waals surface area contributed by atoms with Crippen molar-refractivity contribution < 1.29 is 0 Å². The van der Waals surface area contributed by atoms with Gasteiger partial charge >= 0.3 is 0 Å². The molecule has 2 aromatic rings. The summed E-state index contributed by atoms with van der Waals surface area (Å²) in [6.45, 7) is 2.02. The van der Waals surface area contributed by atoms with E-state index in [9.17, 15) is 0 Å². The van der Waals surface area contributed by atoms with E-state index in [1.54, 1.807) is 0 Å². The van der Waals surface area contributed by atoms with E-state index in [1.165, 1.54) is 16.3 Å². The first-order valence-corrected chi connectivity index (χ1v) is 5.63. The van der Waals surface area contributed by atoms with Crippen LogP contribution in [0.15, 0.2) is 42.5 Å². The molecule has 1 atom stereocenters. The SMILES string of the molecule is C[C@@](N)(I)c1cccc2ccccc12. The lowest BCUT2D eigenvalue weighted by molar-refractivity contribution is 0.788. The summed E-state index contributed by atoms with van der Waals surface area (Å²) in [4.78, 5) is 0. The molecule has 0 amide bonds. The predicted molar refractivity (Wildman–Crippen MR) is 69.5 cm³/mol. The number of halogens is 1. The van der Waals surface area contributed by atoms with Gasteiger partial charge in [0, 0.05) is 0 Å². The number of fused-ring (bicyclic) bond motifs is 1. The van der Waals surface area contributed by atoms with Crippen molar-refractivity contribution >= 4 is 33.4 Å². The molecule has 0 aliphatic heterocycles. The topological polar surface area (TPSA) is 26.0 Å². The van der Waals surface area contributed by atoms with Gasteiger partial charge in [0.05, 0.1) is 3.55 Å². The van der Waals surface area contributed by atoms with Crippen LogP contribution in [0.4, 0.5) is 0 Å². The molecule has 0 saturated heterocycles. The van der Waals surface area contributed by atoms with Crippen LogP contribution in [0.2, 0.25) is 0 Å². The third-order valence-corrected chi connectivity index (χ3v) is 2.90. The Bertz CT molecular complexity index is 452. The first-order valence-electron chi connectivity index (χ1n) is 4.55. The molecule has 14 heavy (non-hydrogen) atoms. The van der Waals surface area contributed by atoms with Crippen molar-refractivity contribution in [2.24, 2.45) is 5.73 Å². The molecule has 1 nitrogen and oxygen atoms in total. The van der Waals surface area contributed by atoms with Crippen molar-refractivity contribution in [2.75, 3.05) is 0 Å². The second kappa shape index (κ2) is 3.51. The van der Waals surface area contributed by atoms with Crippen LogP contribution in [-0.4, -0.2) is 0 Å². The summed E-state index contributed by atoms with van der Waals surface area (Å²) in [6.07, 6.45) is 0. The second-order valence-electron chi connectivity index (χ2n) is 3.60. The van der Waals surface area contributed by atoms with E-state index < -0.39 is 0 Å². The van der Waals surface area contributed by atoms with Gasteiger partial charge in [0.15, 0.2) is 0 Å². The lowest BCUT2D eigenvalue weighted by atomic mass is 10.0. The highest BCUT2D eigenvalue weighted by atomic mass is 127. The lowest BCUT2D eigenvalue weighted by Gasteiger charge is -2.19. The Morgan fingerprint density at radius 2 is 1.71 bits per heavy atom. The van der Waals surface area contributed by atoms with Gasteiger partial charge in [0.2, 0.25) is 0 Å². The third-order valence-electron chi connectivity index (χ3n) is 2.32. The molecular weight excluding hydrogens is 285 g/mol. The molecule has 2 N–H and O–H groups in total. The van der Waals surface area contributed by atoms with E-state index in [1.807, 2.05) is 19.1 Å². The Morgan fingerprint density at radius 1 is 1.07 bits per heavy atom. The van der Waals surface area contributed by atoms with Crippen molar-refractivity contribution in [3.63, 3.8) is 0 Å². The smallest absolute Gasteiger partial charge is 0.0912 e. The highest BCUT2D eigenvalue weighted by Crippen LogP contribution is 2.31. The van der Waals surface area contributed by atoms with Crippen LogP contribution in [0.25, 0.3) is 10.8 Å². The molecule has 0 heterocycles. The van der Waals surface area contributed by atoms with Crippen LogP contribution in [0.3, 0.4) is 0 Å². The van der Waals surface area contributed by atoms with E-state index in [0.717, 1.165) is 0 Å². The zero-order chi connectivity index (χ0) is 10.2. The predicted octanol–water partition coefficient (Wildman–Crippen LogP) is 3.41. The standard InChI is InChI=1S/C12H12IN/c1-12(13,14)11-8-4-6-9-5-2-3-7-10(9)11/h2-8H,14H2,1H3/t12-/m0/s1. The maximum absolute atomic E-state index is 6.11. The van der Waals surface area contributed by atoms with Gasteiger partial charge in [-0.3, -0.25) is 0 Å². The Morgan fingerprint density at radius 3 is 2.43 bits per heavy atom. The molecule has 2 heteroatoms. The van der Waals surface area contributed by atoms with Gasteiger partial charge in [0.25, 0.3) is 0 Å². The zero-order valence-corrected chi connectivity index (χ0v) is 10.2. The summed E-state index contributed by atoms with van der Waals surface area (Å²) < 4.78 is -0.307. The fourth-order valence-corrected chi connectivity index (χ4v) is 2.12. The molecule has 0 aliphatic carbocycles. The summed E-state index contributed by atoms with van der Waals surface area (Å²) in [6, 6.07) is 14.6. The maximum Gasteiger partial charge on any atom is 0.0912 e. The summed E-state index contributed by atoms with van der Waals surface area (Å²) >= 11 is 2.27. The van der Waals surface area contributed by atoms with Gasteiger partial charge in [-0.05, 0) is 23.3 Å². The average molecular weight is 297 g/mol. The molecule has 0 saturated carbocycles. The number of benzene rings is 2. The number of rotatable bonds is 1. The number of alkyl halides is 1. The molecule has 0 bridgehead atoms. The minimum absolute atomic E-state index is 0.307. The highest BCUT2D eigenvalue weighted by molar-refractivity contribution is 14.1. The summed E-state index contributed by atoms with van der Waals surface area (Å²) in [5, 5.41) is 2.49. The third kappa shape index (κ3) is 1.77. The van der Waals surface area contributed by atoms with Crippen LogP contribution >= 0.6 is 22.6 Å². The Balaban J connectivity index is 2.78. The number of nitrogens with two attached hydrogens (primary N) is 1. The quantitative estimate of drug-likeness (QED) is 0.487. The molecule has 0 fully saturated rings. The van der Waals surface area contributed by atoms with Gasteiger partial charge < -0.3 is 5.73 Å². The fraction of sp³-hybridized carbons (Fsp3) is 0.167. The van der Waals surface area contributed by atoms with Gasteiger partial charge in [-0.15, -0.1) is 0 Å². The molecule has 2 aromatic carbocycles. The maximum atomic E-state index is 6.11. The largest absolute Gasteiger partial charge is 0.313 e. The van der Waals surface area contributed by atoms with Crippen molar-refractivity contribution in [2.45, 2.75) is 10.5 Å². The summed E-state index contributed by atoms with van der Waals surface area (Å²) in [7, 11) is 0. The second-order valence-corrected chi connectivity index (χ2v) is 5.84. The van der Waals surface area contributed by atoms with Crippen molar-refractivity contribution in [3.8, 4) is 0 Å². The molecule has 0 aromatic heterocycles. The van der Waals surface area contributed by atoms with Gasteiger partial charge in [0.1, 0.15) is 0 Å². The minimum Gasteiger partial charge on any atom is -0.313 e. The van der Waals surface area contributed by atoms with E-state index in [4.69, 9.17) is 5.73 Å². The van der Waals surface area contributed by atoms with Crippen LogP contribution in [0, 0.1) is 0 Å². The summed E-state index contributed by atoms with van der Waals surface area (Å²) in [5.74, 6) is 0. The summed E-state index contributed by atoms with van der Waals surface area (Å²) in [5.41, 5.74) is 7.30. The average Bonchev–Trinajstić information content (AvgIpc) is 2.15. The van der Waals surface area contributed by atoms with Crippen LogP contribution < -0.4 is 5.73 Å². The van der Waals surface area contributed by atoms with E-state index in [-0.39, 0.29) is 3.55 Å². The Labute approximate surface area is 97.4 Å². The Kier molecular flexibility index (Phi) is 2.49. The van der Waals surface area contributed by atoms with Crippen molar-refractivity contribution in [3.05, 3.63) is 48.0 Å². The van der Waals surface area contributed by atoms with Crippen LogP contribution in [0.1, 0.15) is 12.5 Å². The molecule has 0 spiro atoms. The molecule has 0 unspecified atom stereocenters. The van der Waals surface area contributed by atoms with Crippen molar-refractivity contribution in [1.82, 2.24) is 0 Å². The first kappa shape index (κ1) is 9.93. The monoisotopic (exact) mass is 297 g/mol. The lowest BCUT2D eigenvalue weighted by Crippen LogP contribution is -2.24. The van der Waals surface area contributed by atoms with E-state index in [0.29, 0.717) is 0 Å². The molecular formula is C12H12IN. The highest BCUT2D eigenvalue weighted by Gasteiger charge is 2.18. The number of hydrogen-bond acceptors (Lipinski definition) is 1. The minimum atomic E-state index is -0.307. The molecule has 0 aliphatic rings. The van der Waals surface area contributed by atoms with E-state index >= 15 is 0 Å². The molecule has 0 radical (unpaired) electrons. The Hall–Kier alpha value is -0.610. The first-order chi connectivity index (χ1) is 6.59. The van der Waals surface area contributed by atoms with Crippen LogP contribution in [-0.2, 0) is 3.55 Å². The van der Waals surface area contributed by atoms with Crippen molar-refractivity contribution in [1.29, 1.82) is 0 Å². The normalized spacial score (nSPS) is 15.4. The number of hydrogen-bond donors (Lipinski definition) is 1. The fourth-order valence-electron chi connectivity index (χ4n) is 1.65. The van der Waals surface area contributed by atoms with Gasteiger partial charge in [-0.2, -0.15) is 0 Å².